The van der Waals surface area contributed by atoms with Gasteiger partial charge in [0.25, 0.3) is 0 Å². The van der Waals surface area contributed by atoms with Crippen LogP contribution in [0.15, 0.2) is 42.5 Å². The lowest BCUT2D eigenvalue weighted by molar-refractivity contribution is 0.446. The van der Waals surface area contributed by atoms with Crippen LogP contribution in [0.5, 0.6) is 11.5 Å². The van der Waals surface area contributed by atoms with E-state index in [1.54, 1.807) is 18.2 Å². The summed E-state index contributed by atoms with van der Waals surface area (Å²) < 4.78 is 12.7. The van der Waals surface area contributed by atoms with E-state index < -0.39 is 0 Å². The van der Waals surface area contributed by atoms with Crippen LogP contribution in [0.3, 0.4) is 0 Å². The molecule has 0 amide bonds. The zero-order chi connectivity index (χ0) is 12.3. The second-order valence-electron chi connectivity index (χ2n) is 3.67. The lowest BCUT2D eigenvalue weighted by atomic mass is 10.2. The van der Waals surface area contributed by atoms with E-state index >= 15 is 0 Å². The van der Waals surface area contributed by atoms with Gasteiger partial charge in [-0.25, -0.2) is 4.39 Å². The molecule has 0 aliphatic heterocycles. The number of hydrogen-bond acceptors (Lipinski definition) is 3. The number of hydrogen-bond donors (Lipinski definition) is 3. The summed E-state index contributed by atoms with van der Waals surface area (Å²) in [6, 6.07) is 10.4. The Balaban J connectivity index is 2.04. The third-order valence-electron chi connectivity index (χ3n) is 2.40. The molecule has 88 valence electrons. The summed E-state index contributed by atoms with van der Waals surface area (Å²) in [7, 11) is 0. The van der Waals surface area contributed by atoms with Gasteiger partial charge in [0, 0.05) is 23.9 Å². The first-order chi connectivity index (χ1) is 8.15. The van der Waals surface area contributed by atoms with Gasteiger partial charge in [-0.05, 0) is 36.4 Å². The Morgan fingerprint density at radius 3 is 2.35 bits per heavy atom. The Kier molecular flexibility index (Phi) is 3.14. The molecule has 3 nitrogen and oxygen atoms in total. The summed E-state index contributed by atoms with van der Waals surface area (Å²) in [4.78, 5) is 0. The van der Waals surface area contributed by atoms with Gasteiger partial charge in [-0.2, -0.15) is 0 Å². The number of aromatic hydroxyl groups is 2. The fourth-order valence-corrected chi connectivity index (χ4v) is 1.47. The Hall–Kier alpha value is -2.23. The molecule has 0 heterocycles. The van der Waals surface area contributed by atoms with Crippen LogP contribution in [0.25, 0.3) is 0 Å². The van der Waals surface area contributed by atoms with Crippen LogP contribution < -0.4 is 5.32 Å². The minimum Gasteiger partial charge on any atom is -0.508 e. The van der Waals surface area contributed by atoms with E-state index in [0.29, 0.717) is 12.1 Å². The van der Waals surface area contributed by atoms with E-state index in [-0.39, 0.29) is 17.3 Å². The van der Waals surface area contributed by atoms with E-state index in [1.807, 2.05) is 0 Å². The fourth-order valence-electron chi connectivity index (χ4n) is 1.47. The number of benzene rings is 2. The molecule has 0 unspecified atom stereocenters. The molecule has 0 aliphatic rings. The lowest BCUT2D eigenvalue weighted by Gasteiger charge is -2.08. The summed E-state index contributed by atoms with van der Waals surface area (Å²) in [5, 5.41) is 21.7. The molecule has 17 heavy (non-hydrogen) atoms. The number of phenols is 2. The van der Waals surface area contributed by atoms with Crippen molar-refractivity contribution < 1.29 is 14.6 Å². The summed E-state index contributed by atoms with van der Waals surface area (Å²) in [6.45, 7) is 0.401. The monoisotopic (exact) mass is 233 g/mol. The van der Waals surface area contributed by atoms with Gasteiger partial charge in [-0.1, -0.05) is 0 Å². The minimum atomic E-state index is -0.289. The van der Waals surface area contributed by atoms with Gasteiger partial charge in [-0.15, -0.1) is 0 Å². The van der Waals surface area contributed by atoms with Crippen LogP contribution in [0.4, 0.5) is 10.1 Å². The molecule has 4 heteroatoms. The molecule has 0 saturated carbocycles. The Morgan fingerprint density at radius 1 is 1.00 bits per heavy atom. The second-order valence-corrected chi connectivity index (χ2v) is 3.67. The van der Waals surface area contributed by atoms with Crippen molar-refractivity contribution >= 4 is 5.69 Å². The molecule has 2 rings (SSSR count). The largest absolute Gasteiger partial charge is 0.508 e. The van der Waals surface area contributed by atoms with E-state index in [2.05, 4.69) is 5.32 Å². The van der Waals surface area contributed by atoms with Gasteiger partial charge in [0.1, 0.15) is 17.3 Å². The van der Waals surface area contributed by atoms with E-state index in [0.717, 1.165) is 5.69 Å². The highest BCUT2D eigenvalue weighted by atomic mass is 19.1. The molecule has 0 spiro atoms. The van der Waals surface area contributed by atoms with Gasteiger partial charge >= 0.3 is 0 Å². The smallest absolute Gasteiger partial charge is 0.124 e. The quantitative estimate of drug-likeness (QED) is 0.764. The number of nitrogens with one attached hydrogen (secondary N) is 1. The van der Waals surface area contributed by atoms with Crippen molar-refractivity contribution in [1.29, 1.82) is 0 Å². The third kappa shape index (κ3) is 2.87. The highest BCUT2D eigenvalue weighted by Gasteiger charge is 2.02. The molecule has 0 radical (unpaired) electrons. The standard InChI is InChI=1S/C13H12FNO2/c14-10-2-4-11(5-3-10)15-8-9-1-6-12(16)7-13(9)17/h1-7,15-17H,8H2. The Morgan fingerprint density at radius 2 is 1.71 bits per heavy atom. The van der Waals surface area contributed by atoms with Crippen molar-refractivity contribution in [2.24, 2.45) is 0 Å². The molecule has 0 fully saturated rings. The maximum Gasteiger partial charge on any atom is 0.124 e. The molecule has 2 aromatic rings. The van der Waals surface area contributed by atoms with Crippen LogP contribution in [0.2, 0.25) is 0 Å². The first-order valence-corrected chi connectivity index (χ1v) is 5.15. The lowest BCUT2D eigenvalue weighted by Crippen LogP contribution is -1.99. The number of rotatable bonds is 3. The zero-order valence-corrected chi connectivity index (χ0v) is 9.02. The van der Waals surface area contributed by atoms with Crippen molar-refractivity contribution in [3.63, 3.8) is 0 Å². The van der Waals surface area contributed by atoms with Crippen molar-refractivity contribution in [3.8, 4) is 11.5 Å². The van der Waals surface area contributed by atoms with Gasteiger partial charge in [0.15, 0.2) is 0 Å². The predicted molar refractivity (Wildman–Crippen MR) is 63.5 cm³/mol. The van der Waals surface area contributed by atoms with E-state index in [1.165, 1.54) is 24.3 Å². The molecule has 0 saturated heterocycles. The molecular weight excluding hydrogens is 221 g/mol. The Labute approximate surface area is 98.2 Å². The SMILES string of the molecule is Oc1ccc(CNc2ccc(F)cc2)c(O)c1. The highest BCUT2D eigenvalue weighted by Crippen LogP contribution is 2.23. The summed E-state index contributed by atoms with van der Waals surface area (Å²) in [5.41, 5.74) is 1.42. The first-order valence-electron chi connectivity index (χ1n) is 5.15. The number of phenolic OH excluding ortho intramolecular Hbond substituents is 2. The number of anilines is 1. The summed E-state index contributed by atoms with van der Waals surface area (Å²) >= 11 is 0. The van der Waals surface area contributed by atoms with Gasteiger partial charge in [-0.3, -0.25) is 0 Å². The van der Waals surface area contributed by atoms with Crippen LogP contribution >= 0.6 is 0 Å². The average molecular weight is 233 g/mol. The summed E-state index contributed by atoms with van der Waals surface area (Å²) in [5.74, 6) is -0.240. The molecule has 0 bridgehead atoms. The fraction of sp³-hybridized carbons (Fsp3) is 0.0769. The Bertz CT molecular complexity index is 511. The second kappa shape index (κ2) is 4.74. The molecule has 0 aromatic heterocycles. The maximum atomic E-state index is 12.7. The third-order valence-corrected chi connectivity index (χ3v) is 2.40. The van der Waals surface area contributed by atoms with Gasteiger partial charge in [0.2, 0.25) is 0 Å². The molecule has 0 atom stereocenters. The average Bonchev–Trinajstić information content (AvgIpc) is 2.30. The van der Waals surface area contributed by atoms with Crippen molar-refractivity contribution in [2.75, 3.05) is 5.32 Å². The van der Waals surface area contributed by atoms with Gasteiger partial charge in [0.05, 0.1) is 0 Å². The highest BCUT2D eigenvalue weighted by molar-refractivity contribution is 5.46. The van der Waals surface area contributed by atoms with E-state index in [4.69, 9.17) is 5.11 Å². The first kappa shape index (κ1) is 11.3. The van der Waals surface area contributed by atoms with Crippen molar-refractivity contribution in [1.82, 2.24) is 0 Å². The zero-order valence-electron chi connectivity index (χ0n) is 9.02. The summed E-state index contributed by atoms with van der Waals surface area (Å²) in [6.07, 6.45) is 0. The molecule has 0 aliphatic carbocycles. The van der Waals surface area contributed by atoms with Crippen LogP contribution in [0, 0.1) is 5.82 Å². The molecule has 3 N–H and O–H groups in total. The normalized spacial score (nSPS) is 10.2. The van der Waals surface area contributed by atoms with Crippen molar-refractivity contribution in [2.45, 2.75) is 6.54 Å². The number of halogens is 1. The van der Waals surface area contributed by atoms with Crippen LogP contribution in [-0.2, 0) is 6.54 Å². The maximum absolute atomic E-state index is 12.7. The van der Waals surface area contributed by atoms with Crippen LogP contribution in [-0.4, -0.2) is 10.2 Å². The topological polar surface area (TPSA) is 52.5 Å². The predicted octanol–water partition coefficient (Wildman–Crippen LogP) is 2.85. The van der Waals surface area contributed by atoms with Crippen LogP contribution in [0.1, 0.15) is 5.56 Å². The van der Waals surface area contributed by atoms with Crippen molar-refractivity contribution in [3.05, 3.63) is 53.8 Å². The molecule has 2 aromatic carbocycles. The minimum absolute atomic E-state index is 0.0213. The van der Waals surface area contributed by atoms with Gasteiger partial charge < -0.3 is 15.5 Å². The molecular formula is C13H12FNO2. The van der Waals surface area contributed by atoms with E-state index in [9.17, 15) is 9.50 Å².